The molecule has 2 unspecified atom stereocenters. The van der Waals surface area contributed by atoms with Gasteiger partial charge in [-0.2, -0.15) is 0 Å². The van der Waals surface area contributed by atoms with Crippen LogP contribution in [0.4, 0.5) is 0 Å². The number of aromatic nitrogens is 9. The molecular weight excluding hydrogens is 1290 g/mol. The molecule has 0 fully saturated rings. The molecule has 21 rings (SSSR count). The Morgan fingerprint density at radius 2 is 0.745 bits per heavy atom. The SMILES string of the molecule is C1=CC(n2c3ccccc3c3cc4c5ccccc5n(C5C=C(c6nc(-c7ccccc7)nc(-c7ccc(-c8ccc(C9(c%10ccccc%10)c%10ccccc%10-c%10cc%11c%12ccccc%12n(-c%12ccc(-c%13nc(-c%14ccccc%14)nc(-c%14ccccc%14)n%13)cc%12)c%11cc%109)cc8)cc7)n6)C=CC5)c4cc32)=CCC1. The van der Waals surface area contributed by atoms with Crippen LogP contribution in [0.15, 0.2) is 352 Å². The van der Waals surface area contributed by atoms with Crippen LogP contribution in [0.5, 0.6) is 0 Å². The fourth-order valence-electron chi connectivity index (χ4n) is 17.1. The summed E-state index contributed by atoms with van der Waals surface area (Å²) in [4.78, 5) is 31.0. The van der Waals surface area contributed by atoms with Gasteiger partial charge in [-0.1, -0.05) is 279 Å². The van der Waals surface area contributed by atoms with Gasteiger partial charge in [0.15, 0.2) is 34.9 Å². The van der Waals surface area contributed by atoms with Gasteiger partial charge in [-0.25, -0.2) is 29.9 Å². The quantitative estimate of drug-likeness (QED) is 0.121. The average molecular weight is 1360 g/mol. The van der Waals surface area contributed by atoms with Crippen LogP contribution in [0.1, 0.15) is 53.4 Å². The molecule has 0 saturated heterocycles. The van der Waals surface area contributed by atoms with Crippen LogP contribution in [-0.2, 0) is 5.41 Å². The van der Waals surface area contributed by atoms with Crippen molar-refractivity contribution in [3.05, 3.63) is 380 Å². The van der Waals surface area contributed by atoms with Gasteiger partial charge >= 0.3 is 0 Å². The Morgan fingerprint density at radius 3 is 1.34 bits per heavy atom. The first-order chi connectivity index (χ1) is 52.5. The molecule has 0 bridgehead atoms. The van der Waals surface area contributed by atoms with Gasteiger partial charge in [0.25, 0.3) is 0 Å². The van der Waals surface area contributed by atoms with Crippen LogP contribution in [0, 0.1) is 0 Å². The monoisotopic (exact) mass is 1360 g/mol. The summed E-state index contributed by atoms with van der Waals surface area (Å²) < 4.78 is 7.43. The second-order valence-electron chi connectivity index (χ2n) is 27.9. The molecule has 13 aromatic carbocycles. The third-order valence-electron chi connectivity index (χ3n) is 22.0. The fourth-order valence-corrected chi connectivity index (χ4v) is 17.1. The number of allylic oxidation sites excluding steroid dienone is 8. The number of para-hydroxylation sites is 3. The van der Waals surface area contributed by atoms with E-state index in [2.05, 4.69) is 287 Å². The van der Waals surface area contributed by atoms with E-state index >= 15 is 0 Å². The van der Waals surface area contributed by atoms with Gasteiger partial charge < -0.3 is 13.7 Å². The van der Waals surface area contributed by atoms with E-state index in [4.69, 9.17) is 29.9 Å². The van der Waals surface area contributed by atoms with Crippen molar-refractivity contribution in [2.75, 3.05) is 0 Å². The molecule has 106 heavy (non-hydrogen) atoms. The van der Waals surface area contributed by atoms with Crippen molar-refractivity contribution in [3.8, 4) is 84.9 Å². The second kappa shape index (κ2) is 24.8. The fraction of sp³-hybridized carbons (Fsp3) is 0.0515. The van der Waals surface area contributed by atoms with Gasteiger partial charge in [-0.05, 0) is 137 Å². The molecule has 2 atom stereocenters. The van der Waals surface area contributed by atoms with E-state index in [-0.39, 0.29) is 6.04 Å². The summed E-state index contributed by atoms with van der Waals surface area (Å²) in [5.41, 5.74) is 23.8. The highest BCUT2D eigenvalue weighted by Crippen LogP contribution is 2.58. The summed E-state index contributed by atoms with van der Waals surface area (Å²) in [7, 11) is 0. The van der Waals surface area contributed by atoms with Crippen LogP contribution in [-0.4, -0.2) is 43.6 Å². The van der Waals surface area contributed by atoms with Crippen LogP contribution in [0.3, 0.4) is 0 Å². The zero-order valence-corrected chi connectivity index (χ0v) is 57.7. The first-order valence-corrected chi connectivity index (χ1v) is 36.5. The van der Waals surface area contributed by atoms with E-state index in [9.17, 15) is 0 Å². The van der Waals surface area contributed by atoms with Crippen molar-refractivity contribution in [1.29, 1.82) is 0 Å². The Hall–Kier alpha value is -13.8. The smallest absolute Gasteiger partial charge is 0.164 e. The summed E-state index contributed by atoms with van der Waals surface area (Å²) in [6.07, 6.45) is 16.7. The zero-order valence-electron chi connectivity index (χ0n) is 57.7. The molecule has 0 N–H and O–H groups in total. The minimum absolute atomic E-state index is 0.0158. The number of hydrogen-bond donors (Lipinski definition) is 0. The van der Waals surface area contributed by atoms with Gasteiger partial charge in [0.1, 0.15) is 0 Å². The molecule has 3 aliphatic rings. The molecule has 5 heterocycles. The van der Waals surface area contributed by atoms with Crippen molar-refractivity contribution in [3.63, 3.8) is 0 Å². The average Bonchev–Trinajstić information content (AvgIpc) is 1.55. The highest BCUT2D eigenvalue weighted by atomic mass is 15.1. The third-order valence-corrected chi connectivity index (χ3v) is 22.0. The summed E-state index contributed by atoms with van der Waals surface area (Å²) in [6.45, 7) is 0. The predicted molar refractivity (Wildman–Crippen MR) is 433 cm³/mol. The lowest BCUT2D eigenvalue weighted by molar-refractivity contribution is 0.649. The van der Waals surface area contributed by atoms with E-state index in [0.29, 0.717) is 34.9 Å². The molecule has 9 nitrogen and oxygen atoms in total. The maximum absolute atomic E-state index is 5.37. The molecule has 5 aromatic heterocycles. The van der Waals surface area contributed by atoms with Crippen LogP contribution < -0.4 is 0 Å². The lowest BCUT2D eigenvalue weighted by Crippen LogP contribution is -2.28. The molecule has 0 saturated carbocycles. The van der Waals surface area contributed by atoms with Crippen molar-refractivity contribution in [2.45, 2.75) is 30.7 Å². The van der Waals surface area contributed by atoms with Gasteiger partial charge in [-0.15, -0.1) is 0 Å². The van der Waals surface area contributed by atoms with Gasteiger partial charge in [0.05, 0.1) is 39.0 Å². The number of benzene rings is 13. The van der Waals surface area contributed by atoms with E-state index in [1.807, 2.05) is 78.9 Å². The van der Waals surface area contributed by atoms with Crippen LogP contribution >= 0.6 is 0 Å². The normalized spacial score (nSPS) is 15.4. The lowest BCUT2D eigenvalue weighted by Gasteiger charge is -2.34. The van der Waals surface area contributed by atoms with Crippen LogP contribution in [0.2, 0.25) is 0 Å². The molecule has 0 radical (unpaired) electrons. The maximum Gasteiger partial charge on any atom is 0.164 e. The second-order valence-corrected chi connectivity index (χ2v) is 27.9. The first kappa shape index (κ1) is 61.0. The summed E-state index contributed by atoms with van der Waals surface area (Å²) >= 11 is 0. The van der Waals surface area contributed by atoms with E-state index in [1.54, 1.807) is 0 Å². The van der Waals surface area contributed by atoms with E-state index in [1.165, 1.54) is 93.5 Å². The van der Waals surface area contributed by atoms with Gasteiger partial charge in [-0.3, -0.25) is 0 Å². The highest BCUT2D eigenvalue weighted by Gasteiger charge is 2.47. The maximum atomic E-state index is 5.37. The molecule has 0 amide bonds. The van der Waals surface area contributed by atoms with Crippen molar-refractivity contribution < 1.29 is 0 Å². The number of rotatable bonds is 12. The van der Waals surface area contributed by atoms with Crippen molar-refractivity contribution in [1.82, 2.24) is 43.6 Å². The van der Waals surface area contributed by atoms with Gasteiger partial charge in [0, 0.05) is 82.6 Å². The molecule has 3 aliphatic carbocycles. The summed E-state index contributed by atoms with van der Waals surface area (Å²) in [6, 6.07) is 114. The molecule has 0 spiro atoms. The number of fused-ring (bicyclic) bond motifs is 12. The largest absolute Gasteiger partial charge is 0.333 e. The topological polar surface area (TPSA) is 92.1 Å². The molecule has 18 aromatic rings. The van der Waals surface area contributed by atoms with Gasteiger partial charge in [0.2, 0.25) is 0 Å². The third kappa shape index (κ3) is 9.84. The minimum atomic E-state index is -0.667. The number of nitrogens with zero attached hydrogens (tertiary/aromatic N) is 9. The minimum Gasteiger partial charge on any atom is -0.333 e. The highest BCUT2D eigenvalue weighted by molar-refractivity contribution is 6.19. The summed E-state index contributed by atoms with van der Waals surface area (Å²) in [5.74, 6) is 3.75. The molecule has 498 valence electrons. The van der Waals surface area contributed by atoms with Crippen molar-refractivity contribution in [2.24, 2.45) is 0 Å². The Kier molecular flexibility index (Phi) is 14.2. The Bertz CT molecular complexity index is 6630. The standard InChI is InChI=1S/C97H65N9/c1-6-25-64(26-7-1)91-98-92(65-27-8-2-9-28-65)100-95(99-91)68-51-55-73(56-52-68)105-86-43-22-17-38-76(86)80-58-79-75-37-16-20-41-83(75)97(84(79)60-88(80)105,70-32-12-4-13-33-70)71-53-49-63(50-54-71)62-45-47-67(48-46-62)94-101-93(66-29-10-3-11-30-66)102-96(103-94)69-31-24-36-74(57-69)106-87-44-23-19-40-78(87)82-59-81-77-39-18-21-42-85(77)104(89(81)61-90(82)106)72-34-14-5-15-35-72/h1-4,6-14,16-35,37-61,74H,5,15,36H2. The summed E-state index contributed by atoms with van der Waals surface area (Å²) in [5, 5.41) is 7.39. The first-order valence-electron chi connectivity index (χ1n) is 36.5. The van der Waals surface area contributed by atoms with Crippen LogP contribution in [0.25, 0.3) is 162 Å². The predicted octanol–water partition coefficient (Wildman–Crippen LogP) is 23.5. The molecular formula is C97H65N9. The van der Waals surface area contributed by atoms with Crippen molar-refractivity contribution >= 4 is 76.7 Å². The number of hydrogen-bond acceptors (Lipinski definition) is 6. The van der Waals surface area contributed by atoms with E-state index in [0.717, 1.165) is 80.5 Å². The Balaban J connectivity index is 0.643. The lowest BCUT2D eigenvalue weighted by atomic mass is 9.67. The molecule has 0 aliphatic heterocycles. The zero-order chi connectivity index (χ0) is 69.8. The Morgan fingerprint density at radius 1 is 0.292 bits per heavy atom. The molecule has 9 heteroatoms. The Labute approximate surface area is 612 Å². The van der Waals surface area contributed by atoms with E-state index < -0.39 is 5.41 Å².